The summed E-state index contributed by atoms with van der Waals surface area (Å²) in [6.07, 6.45) is 0. The molecule has 0 spiro atoms. The van der Waals surface area contributed by atoms with Gasteiger partial charge in [0, 0.05) is 25.2 Å². The molecule has 0 saturated carbocycles. The van der Waals surface area contributed by atoms with Gasteiger partial charge in [-0.05, 0) is 57.5 Å². The normalized spacial score (nSPS) is 11.1. The SMILES string of the molecule is CCOc1cc(C(=O)NNC(=O)c2cc(S(=O)(=O)N(C)C)ccc2C)cc(OCC)c1OCC. The first-order chi connectivity index (χ1) is 16.1. The van der Waals surface area contributed by atoms with Crippen molar-refractivity contribution in [3.63, 3.8) is 0 Å². The summed E-state index contributed by atoms with van der Waals surface area (Å²) in [5, 5.41) is 0. The molecule has 0 aliphatic heterocycles. The van der Waals surface area contributed by atoms with Crippen LogP contribution >= 0.6 is 0 Å². The first kappa shape index (κ1) is 26.9. The summed E-state index contributed by atoms with van der Waals surface area (Å²) in [6, 6.07) is 7.21. The smallest absolute Gasteiger partial charge is 0.270 e. The Bertz CT molecular complexity index is 1120. The van der Waals surface area contributed by atoms with Gasteiger partial charge in [0.1, 0.15) is 0 Å². The number of amides is 2. The van der Waals surface area contributed by atoms with Crippen LogP contribution in [0, 0.1) is 6.92 Å². The molecule has 0 saturated heterocycles. The van der Waals surface area contributed by atoms with E-state index in [1.165, 1.54) is 44.4 Å². The van der Waals surface area contributed by atoms with Crippen LogP contribution in [0.1, 0.15) is 47.1 Å². The third kappa shape index (κ3) is 6.17. The summed E-state index contributed by atoms with van der Waals surface area (Å²) >= 11 is 0. The number of aryl methyl sites for hydroxylation is 1. The Kier molecular flexibility index (Phi) is 9.28. The highest BCUT2D eigenvalue weighted by atomic mass is 32.2. The predicted molar refractivity (Wildman–Crippen MR) is 127 cm³/mol. The zero-order valence-electron chi connectivity index (χ0n) is 20.2. The molecule has 2 amide bonds. The second-order valence-corrected chi connectivity index (χ2v) is 9.42. The lowest BCUT2D eigenvalue weighted by Crippen LogP contribution is -2.42. The lowest BCUT2D eigenvalue weighted by molar-refractivity contribution is 0.0845. The predicted octanol–water partition coefficient (Wildman–Crippen LogP) is 2.52. The fraction of sp³-hybridized carbons (Fsp3) is 0.391. The minimum absolute atomic E-state index is 0.0335. The number of hydrogen-bond donors (Lipinski definition) is 2. The molecule has 0 bridgehead atoms. The first-order valence-electron chi connectivity index (χ1n) is 10.8. The zero-order chi connectivity index (χ0) is 25.5. The topological polar surface area (TPSA) is 123 Å². The van der Waals surface area contributed by atoms with Gasteiger partial charge in [-0.2, -0.15) is 0 Å². The fourth-order valence-corrected chi connectivity index (χ4v) is 3.92. The molecule has 0 aliphatic carbocycles. The van der Waals surface area contributed by atoms with Crippen molar-refractivity contribution in [3.8, 4) is 17.2 Å². The van der Waals surface area contributed by atoms with Crippen molar-refractivity contribution in [1.29, 1.82) is 0 Å². The molecule has 0 heterocycles. The molecular weight excluding hydrogens is 462 g/mol. The largest absolute Gasteiger partial charge is 0.490 e. The molecule has 0 atom stereocenters. The highest BCUT2D eigenvalue weighted by molar-refractivity contribution is 7.89. The molecule has 0 fully saturated rings. The van der Waals surface area contributed by atoms with Crippen molar-refractivity contribution in [2.24, 2.45) is 0 Å². The lowest BCUT2D eigenvalue weighted by atomic mass is 10.1. The molecule has 2 aromatic carbocycles. The minimum Gasteiger partial charge on any atom is -0.490 e. The Hall–Kier alpha value is -3.31. The average molecular weight is 494 g/mol. The van der Waals surface area contributed by atoms with Gasteiger partial charge in [-0.3, -0.25) is 20.4 Å². The second-order valence-electron chi connectivity index (χ2n) is 7.27. The highest BCUT2D eigenvalue weighted by Gasteiger charge is 2.22. The number of hydrogen-bond acceptors (Lipinski definition) is 7. The Morgan fingerprint density at radius 1 is 0.853 bits per heavy atom. The van der Waals surface area contributed by atoms with Crippen molar-refractivity contribution in [2.75, 3.05) is 33.9 Å². The van der Waals surface area contributed by atoms with E-state index in [0.717, 1.165) is 4.31 Å². The van der Waals surface area contributed by atoms with Crippen LogP contribution in [0.4, 0.5) is 0 Å². The number of carbonyl (C=O) groups is 2. The molecule has 0 unspecified atom stereocenters. The van der Waals surface area contributed by atoms with Crippen LogP contribution in [-0.4, -0.2) is 58.5 Å². The van der Waals surface area contributed by atoms with Crippen LogP contribution < -0.4 is 25.1 Å². The van der Waals surface area contributed by atoms with Crippen LogP contribution in [0.15, 0.2) is 35.2 Å². The maximum Gasteiger partial charge on any atom is 0.270 e. The van der Waals surface area contributed by atoms with Gasteiger partial charge in [-0.1, -0.05) is 6.07 Å². The summed E-state index contributed by atoms with van der Waals surface area (Å²) in [7, 11) is -0.923. The lowest BCUT2D eigenvalue weighted by Gasteiger charge is -2.17. The van der Waals surface area contributed by atoms with E-state index in [4.69, 9.17) is 14.2 Å². The van der Waals surface area contributed by atoms with Gasteiger partial charge in [-0.25, -0.2) is 12.7 Å². The van der Waals surface area contributed by atoms with E-state index in [-0.39, 0.29) is 16.0 Å². The molecule has 0 aliphatic rings. The number of benzene rings is 2. The molecular formula is C23H31N3O7S. The summed E-state index contributed by atoms with van der Waals surface area (Å²) < 4.78 is 42.7. The van der Waals surface area contributed by atoms with Crippen molar-refractivity contribution in [1.82, 2.24) is 15.2 Å². The van der Waals surface area contributed by atoms with E-state index in [2.05, 4.69) is 10.9 Å². The van der Waals surface area contributed by atoms with E-state index < -0.39 is 21.8 Å². The molecule has 0 radical (unpaired) electrons. The molecule has 2 rings (SSSR count). The molecule has 0 aromatic heterocycles. The monoisotopic (exact) mass is 493 g/mol. The number of sulfonamides is 1. The van der Waals surface area contributed by atoms with Crippen LogP contribution in [0.25, 0.3) is 0 Å². The van der Waals surface area contributed by atoms with Gasteiger partial charge in [-0.15, -0.1) is 0 Å². The van der Waals surface area contributed by atoms with E-state index in [1.807, 2.05) is 6.92 Å². The van der Waals surface area contributed by atoms with Gasteiger partial charge in [0.25, 0.3) is 11.8 Å². The summed E-state index contributed by atoms with van der Waals surface area (Å²) in [4.78, 5) is 25.5. The highest BCUT2D eigenvalue weighted by Crippen LogP contribution is 2.39. The van der Waals surface area contributed by atoms with Crippen LogP contribution in [0.2, 0.25) is 0 Å². The van der Waals surface area contributed by atoms with Crippen LogP contribution in [-0.2, 0) is 10.0 Å². The Morgan fingerprint density at radius 2 is 1.38 bits per heavy atom. The van der Waals surface area contributed by atoms with Crippen LogP contribution in [0.3, 0.4) is 0 Å². The summed E-state index contributed by atoms with van der Waals surface area (Å²) in [5.74, 6) is -0.217. The van der Waals surface area contributed by atoms with E-state index in [1.54, 1.807) is 20.8 Å². The molecule has 10 nitrogen and oxygen atoms in total. The van der Waals surface area contributed by atoms with Crippen molar-refractivity contribution < 1.29 is 32.2 Å². The second kappa shape index (κ2) is 11.7. The molecule has 2 N–H and O–H groups in total. The van der Waals surface area contributed by atoms with E-state index in [9.17, 15) is 18.0 Å². The number of ether oxygens (including phenoxy) is 3. The maximum atomic E-state index is 12.8. The summed E-state index contributed by atoms with van der Waals surface area (Å²) in [6.45, 7) is 8.16. The number of hydrazine groups is 1. The quantitative estimate of drug-likeness (QED) is 0.488. The van der Waals surface area contributed by atoms with Gasteiger partial charge in [0.15, 0.2) is 11.5 Å². The zero-order valence-corrected chi connectivity index (χ0v) is 21.0. The summed E-state index contributed by atoms with van der Waals surface area (Å²) in [5.41, 5.74) is 5.51. The van der Waals surface area contributed by atoms with Gasteiger partial charge in [0.05, 0.1) is 24.7 Å². The van der Waals surface area contributed by atoms with Crippen molar-refractivity contribution >= 4 is 21.8 Å². The third-order valence-electron chi connectivity index (χ3n) is 4.69. The standard InChI is InChI=1S/C23H31N3O7S/c1-7-31-19-12-16(13-20(32-8-2)21(19)33-9-3)22(27)24-25-23(28)18-14-17(11-10-15(18)4)34(29,30)26(5)6/h10-14H,7-9H2,1-6H3,(H,24,27)(H,25,28). The van der Waals surface area contributed by atoms with E-state index in [0.29, 0.717) is 42.6 Å². The Balaban J connectivity index is 2.28. The third-order valence-corrected chi connectivity index (χ3v) is 6.50. The fourth-order valence-electron chi connectivity index (χ4n) is 2.99. The van der Waals surface area contributed by atoms with Gasteiger partial charge in [0.2, 0.25) is 15.8 Å². The van der Waals surface area contributed by atoms with Gasteiger partial charge >= 0.3 is 0 Å². The minimum atomic E-state index is -3.73. The number of carbonyl (C=O) groups excluding carboxylic acids is 2. The van der Waals surface area contributed by atoms with Crippen molar-refractivity contribution in [2.45, 2.75) is 32.6 Å². The molecule has 11 heteroatoms. The number of rotatable bonds is 10. The maximum absolute atomic E-state index is 12.8. The van der Waals surface area contributed by atoms with Crippen molar-refractivity contribution in [3.05, 3.63) is 47.0 Å². The van der Waals surface area contributed by atoms with Crippen LogP contribution in [0.5, 0.6) is 17.2 Å². The number of nitrogens with zero attached hydrogens (tertiary/aromatic N) is 1. The van der Waals surface area contributed by atoms with Gasteiger partial charge < -0.3 is 14.2 Å². The first-order valence-corrected chi connectivity index (χ1v) is 12.2. The Labute approximate surface area is 200 Å². The molecule has 186 valence electrons. The number of nitrogens with one attached hydrogen (secondary N) is 2. The molecule has 2 aromatic rings. The van der Waals surface area contributed by atoms with E-state index >= 15 is 0 Å². The Morgan fingerprint density at radius 3 is 1.88 bits per heavy atom. The average Bonchev–Trinajstić information content (AvgIpc) is 2.79. The molecule has 34 heavy (non-hydrogen) atoms.